The van der Waals surface area contributed by atoms with E-state index in [1.54, 1.807) is 0 Å². The Kier molecular flexibility index (Phi) is 3.03. The summed E-state index contributed by atoms with van der Waals surface area (Å²) in [4.78, 5) is 16.0. The quantitative estimate of drug-likeness (QED) is 0.672. The van der Waals surface area contributed by atoms with Crippen LogP contribution >= 0.6 is 0 Å². The molecule has 2 rings (SSSR count). The summed E-state index contributed by atoms with van der Waals surface area (Å²) >= 11 is 0. The monoisotopic (exact) mass is 197 g/mol. The van der Waals surface area contributed by atoms with Gasteiger partial charge in [0, 0.05) is 45.2 Å². The van der Waals surface area contributed by atoms with Gasteiger partial charge in [0.1, 0.15) is 0 Å². The van der Waals surface area contributed by atoms with Crippen LogP contribution < -0.4 is 5.73 Å². The second kappa shape index (κ2) is 4.28. The molecule has 0 atom stereocenters. The van der Waals surface area contributed by atoms with Gasteiger partial charge >= 0.3 is 0 Å². The Labute approximate surface area is 85.0 Å². The van der Waals surface area contributed by atoms with Gasteiger partial charge in [-0.2, -0.15) is 0 Å². The summed E-state index contributed by atoms with van der Waals surface area (Å²) in [5.41, 5.74) is 5.36. The van der Waals surface area contributed by atoms with Gasteiger partial charge in [-0.3, -0.25) is 9.69 Å². The van der Waals surface area contributed by atoms with Gasteiger partial charge in [0.25, 0.3) is 0 Å². The van der Waals surface area contributed by atoms with Crippen molar-refractivity contribution in [1.29, 1.82) is 0 Å². The fourth-order valence-electron chi connectivity index (χ4n) is 2.06. The van der Waals surface area contributed by atoms with Crippen molar-refractivity contribution in [2.75, 3.05) is 32.7 Å². The van der Waals surface area contributed by atoms with E-state index >= 15 is 0 Å². The van der Waals surface area contributed by atoms with Crippen LogP contribution in [0.15, 0.2) is 0 Å². The Bertz CT molecular complexity index is 207. The summed E-state index contributed by atoms with van der Waals surface area (Å²) < 4.78 is 0. The molecule has 1 saturated carbocycles. The molecule has 0 radical (unpaired) electrons. The Morgan fingerprint density at radius 3 is 2.36 bits per heavy atom. The largest absolute Gasteiger partial charge is 0.340 e. The molecular weight excluding hydrogens is 178 g/mol. The smallest absolute Gasteiger partial charge is 0.223 e. The second-order valence-corrected chi connectivity index (χ2v) is 4.19. The Morgan fingerprint density at radius 2 is 1.86 bits per heavy atom. The highest BCUT2D eigenvalue weighted by Crippen LogP contribution is 2.27. The van der Waals surface area contributed by atoms with Crippen LogP contribution in [-0.4, -0.2) is 54.5 Å². The molecule has 1 aliphatic heterocycles. The first-order chi connectivity index (χ1) is 6.81. The number of carbonyl (C=O) groups is 1. The minimum Gasteiger partial charge on any atom is -0.340 e. The number of nitrogens with zero attached hydrogens (tertiary/aromatic N) is 2. The van der Waals surface area contributed by atoms with E-state index in [9.17, 15) is 4.79 Å². The van der Waals surface area contributed by atoms with Gasteiger partial charge in [0.15, 0.2) is 0 Å². The predicted octanol–water partition coefficient (Wildman–Crippen LogP) is -0.358. The highest BCUT2D eigenvalue weighted by molar-refractivity contribution is 5.76. The molecule has 1 saturated heterocycles. The zero-order valence-electron chi connectivity index (χ0n) is 8.61. The molecule has 1 heterocycles. The Balaban J connectivity index is 1.74. The van der Waals surface area contributed by atoms with Crippen molar-refractivity contribution in [1.82, 2.24) is 9.80 Å². The van der Waals surface area contributed by atoms with Crippen LogP contribution in [0.5, 0.6) is 0 Å². The van der Waals surface area contributed by atoms with Crippen molar-refractivity contribution in [3.8, 4) is 0 Å². The number of nitrogens with two attached hydrogens (primary N) is 1. The fraction of sp³-hybridized carbons (Fsp3) is 0.900. The Hall–Kier alpha value is -0.610. The zero-order chi connectivity index (χ0) is 9.97. The van der Waals surface area contributed by atoms with Crippen LogP contribution in [-0.2, 0) is 4.79 Å². The van der Waals surface area contributed by atoms with Crippen molar-refractivity contribution in [2.24, 2.45) is 5.73 Å². The summed E-state index contributed by atoms with van der Waals surface area (Å²) in [7, 11) is 0. The number of amides is 1. The van der Waals surface area contributed by atoms with E-state index in [1.807, 2.05) is 4.90 Å². The average Bonchev–Trinajstić information content (AvgIpc) is 3.02. The highest BCUT2D eigenvalue weighted by atomic mass is 16.2. The van der Waals surface area contributed by atoms with E-state index in [0.29, 0.717) is 13.0 Å². The summed E-state index contributed by atoms with van der Waals surface area (Å²) in [6.07, 6.45) is 3.22. The third kappa shape index (κ3) is 2.25. The van der Waals surface area contributed by atoms with E-state index in [-0.39, 0.29) is 5.91 Å². The van der Waals surface area contributed by atoms with E-state index in [0.717, 1.165) is 32.2 Å². The molecule has 14 heavy (non-hydrogen) atoms. The first-order valence-corrected chi connectivity index (χ1v) is 5.53. The van der Waals surface area contributed by atoms with Crippen molar-refractivity contribution in [3.05, 3.63) is 0 Å². The lowest BCUT2D eigenvalue weighted by Crippen LogP contribution is -2.49. The van der Waals surface area contributed by atoms with Crippen LogP contribution in [0.3, 0.4) is 0 Å². The maximum absolute atomic E-state index is 11.5. The van der Waals surface area contributed by atoms with Gasteiger partial charge in [-0.15, -0.1) is 0 Å². The number of piperazine rings is 1. The molecule has 2 fully saturated rings. The van der Waals surface area contributed by atoms with Gasteiger partial charge in [-0.1, -0.05) is 0 Å². The molecule has 0 spiro atoms. The molecule has 0 bridgehead atoms. The molecule has 0 aromatic carbocycles. The second-order valence-electron chi connectivity index (χ2n) is 4.19. The van der Waals surface area contributed by atoms with Crippen molar-refractivity contribution < 1.29 is 4.79 Å². The molecule has 2 N–H and O–H groups in total. The molecule has 4 heteroatoms. The average molecular weight is 197 g/mol. The first-order valence-electron chi connectivity index (χ1n) is 5.53. The number of carbonyl (C=O) groups excluding carboxylic acids is 1. The van der Waals surface area contributed by atoms with Gasteiger partial charge < -0.3 is 10.6 Å². The minimum absolute atomic E-state index is 0.225. The van der Waals surface area contributed by atoms with Gasteiger partial charge in [0.2, 0.25) is 5.91 Å². The summed E-state index contributed by atoms with van der Waals surface area (Å²) in [5, 5.41) is 0. The zero-order valence-corrected chi connectivity index (χ0v) is 8.61. The fourth-order valence-corrected chi connectivity index (χ4v) is 2.06. The van der Waals surface area contributed by atoms with Crippen LogP contribution in [0.2, 0.25) is 0 Å². The molecule has 0 aromatic heterocycles. The maximum Gasteiger partial charge on any atom is 0.223 e. The minimum atomic E-state index is 0.225. The van der Waals surface area contributed by atoms with Gasteiger partial charge in [0.05, 0.1) is 0 Å². The van der Waals surface area contributed by atoms with Gasteiger partial charge in [-0.05, 0) is 12.8 Å². The molecule has 2 aliphatic rings. The maximum atomic E-state index is 11.5. The normalized spacial score (nSPS) is 23.9. The molecular formula is C10H19N3O. The highest BCUT2D eigenvalue weighted by Gasteiger charge is 2.31. The third-order valence-electron chi connectivity index (χ3n) is 3.09. The van der Waals surface area contributed by atoms with Gasteiger partial charge in [-0.25, -0.2) is 0 Å². The lowest BCUT2D eigenvalue weighted by Gasteiger charge is -2.34. The van der Waals surface area contributed by atoms with Crippen LogP contribution in [0, 0.1) is 0 Å². The lowest BCUT2D eigenvalue weighted by molar-refractivity contribution is -0.132. The summed E-state index contributed by atoms with van der Waals surface area (Å²) in [5.74, 6) is 0.225. The van der Waals surface area contributed by atoms with Crippen LogP contribution in [0.4, 0.5) is 0 Å². The summed E-state index contributed by atoms with van der Waals surface area (Å²) in [6, 6.07) is 0.835. The molecule has 1 aliphatic carbocycles. The number of hydrogen-bond donors (Lipinski definition) is 1. The van der Waals surface area contributed by atoms with E-state index in [2.05, 4.69) is 4.90 Å². The number of hydrogen-bond acceptors (Lipinski definition) is 3. The Morgan fingerprint density at radius 1 is 1.21 bits per heavy atom. The molecule has 80 valence electrons. The van der Waals surface area contributed by atoms with Crippen LogP contribution in [0.1, 0.15) is 19.3 Å². The molecule has 0 unspecified atom stereocenters. The molecule has 1 amide bonds. The van der Waals surface area contributed by atoms with Crippen molar-refractivity contribution in [2.45, 2.75) is 25.3 Å². The van der Waals surface area contributed by atoms with E-state index in [4.69, 9.17) is 5.73 Å². The van der Waals surface area contributed by atoms with E-state index in [1.165, 1.54) is 12.8 Å². The van der Waals surface area contributed by atoms with Crippen LogP contribution in [0.25, 0.3) is 0 Å². The predicted molar refractivity (Wildman–Crippen MR) is 54.8 cm³/mol. The standard InChI is InChI=1S/C10H19N3O/c11-4-3-10(14)13-7-5-12(6-8-13)9-1-2-9/h9H,1-8,11H2. The summed E-state index contributed by atoms with van der Waals surface area (Å²) in [6.45, 7) is 4.38. The first kappa shape index (κ1) is 9.93. The van der Waals surface area contributed by atoms with Crippen molar-refractivity contribution >= 4 is 5.91 Å². The van der Waals surface area contributed by atoms with E-state index < -0.39 is 0 Å². The molecule has 4 nitrogen and oxygen atoms in total. The lowest BCUT2D eigenvalue weighted by atomic mass is 10.2. The molecule has 0 aromatic rings. The van der Waals surface area contributed by atoms with Crippen molar-refractivity contribution in [3.63, 3.8) is 0 Å². The SMILES string of the molecule is NCCC(=O)N1CCN(C2CC2)CC1. The third-order valence-corrected chi connectivity index (χ3v) is 3.09. The number of rotatable bonds is 3. The topological polar surface area (TPSA) is 49.6 Å².